The van der Waals surface area contributed by atoms with Crippen molar-refractivity contribution in [1.82, 2.24) is 0 Å². The third-order valence-electron chi connectivity index (χ3n) is 2.86. The fraction of sp³-hybridized carbons (Fsp3) is 0.200. The Kier molecular flexibility index (Phi) is 3.97. The molecule has 5 heteroatoms. The average Bonchev–Trinajstić information content (AvgIpc) is 2.37. The maximum Gasteiger partial charge on any atom is 0.573 e. The Morgan fingerprint density at radius 3 is 2.05 bits per heavy atom. The first-order chi connectivity index (χ1) is 9.39. The van der Waals surface area contributed by atoms with Gasteiger partial charge in [0.25, 0.3) is 0 Å². The van der Waals surface area contributed by atoms with Crippen LogP contribution in [0.5, 0.6) is 5.75 Å². The van der Waals surface area contributed by atoms with E-state index in [0.29, 0.717) is 23.1 Å². The molecule has 1 nitrogen and oxygen atoms in total. The van der Waals surface area contributed by atoms with Crippen molar-refractivity contribution in [3.05, 3.63) is 53.8 Å². The monoisotopic (exact) mass is 284 g/mol. The molecule has 0 N–H and O–H groups in total. The topological polar surface area (TPSA) is 9.23 Å². The second kappa shape index (κ2) is 5.53. The summed E-state index contributed by atoms with van der Waals surface area (Å²) in [4.78, 5) is 0. The zero-order valence-electron chi connectivity index (χ0n) is 10.7. The fourth-order valence-corrected chi connectivity index (χ4v) is 1.86. The quantitative estimate of drug-likeness (QED) is 0.724. The zero-order valence-corrected chi connectivity index (χ0v) is 10.7. The largest absolute Gasteiger partial charge is 0.573 e. The van der Waals surface area contributed by atoms with Crippen LogP contribution < -0.4 is 4.74 Å². The Morgan fingerprint density at radius 2 is 1.55 bits per heavy atom. The predicted octanol–water partition coefficient (Wildman–Crippen LogP) is 4.95. The van der Waals surface area contributed by atoms with E-state index in [1.54, 1.807) is 12.1 Å². The highest BCUT2D eigenvalue weighted by atomic mass is 19.4. The van der Waals surface area contributed by atoms with Crippen LogP contribution in [0.3, 0.4) is 0 Å². The molecule has 0 aliphatic carbocycles. The maximum absolute atomic E-state index is 13.7. The fourth-order valence-electron chi connectivity index (χ4n) is 1.86. The van der Waals surface area contributed by atoms with Crippen LogP contribution in [-0.2, 0) is 6.42 Å². The summed E-state index contributed by atoms with van der Waals surface area (Å²) in [6.45, 7) is 1.85. The van der Waals surface area contributed by atoms with Gasteiger partial charge in [-0.15, -0.1) is 13.2 Å². The van der Waals surface area contributed by atoms with Gasteiger partial charge in [0.2, 0.25) is 0 Å². The highest BCUT2D eigenvalue weighted by Crippen LogP contribution is 2.27. The Bertz CT molecular complexity index is 588. The molecule has 2 rings (SSSR count). The number of ether oxygens (including phenoxy) is 1. The normalized spacial score (nSPS) is 11.4. The van der Waals surface area contributed by atoms with E-state index in [4.69, 9.17) is 0 Å². The van der Waals surface area contributed by atoms with Crippen molar-refractivity contribution in [3.63, 3.8) is 0 Å². The van der Waals surface area contributed by atoms with Crippen molar-refractivity contribution in [2.75, 3.05) is 0 Å². The molecule has 0 aliphatic rings. The first-order valence-electron chi connectivity index (χ1n) is 6.03. The molecule has 0 aliphatic heterocycles. The summed E-state index contributed by atoms with van der Waals surface area (Å²) in [5.41, 5.74) is 1.84. The van der Waals surface area contributed by atoms with E-state index in [0.717, 1.165) is 0 Å². The third kappa shape index (κ3) is 3.50. The van der Waals surface area contributed by atoms with Crippen molar-refractivity contribution in [2.45, 2.75) is 19.7 Å². The van der Waals surface area contributed by atoms with Crippen LogP contribution in [0.25, 0.3) is 11.1 Å². The zero-order chi connectivity index (χ0) is 14.8. The third-order valence-corrected chi connectivity index (χ3v) is 2.86. The summed E-state index contributed by atoms with van der Waals surface area (Å²) in [7, 11) is 0. The lowest BCUT2D eigenvalue weighted by molar-refractivity contribution is -0.274. The minimum atomic E-state index is -4.71. The van der Waals surface area contributed by atoms with Gasteiger partial charge in [-0.1, -0.05) is 31.2 Å². The molecule has 0 atom stereocenters. The molecule has 0 amide bonds. The first-order valence-corrected chi connectivity index (χ1v) is 6.03. The molecule has 0 radical (unpaired) electrons. The molecule has 0 aromatic heterocycles. The summed E-state index contributed by atoms with van der Waals surface area (Å²) >= 11 is 0. The molecule has 0 fully saturated rings. The van der Waals surface area contributed by atoms with Crippen molar-refractivity contribution in [3.8, 4) is 16.9 Å². The molecule has 0 spiro atoms. The van der Waals surface area contributed by atoms with Crippen molar-refractivity contribution < 1.29 is 22.3 Å². The summed E-state index contributed by atoms with van der Waals surface area (Å²) in [6.07, 6.45) is -4.12. The lowest BCUT2D eigenvalue weighted by atomic mass is 10.0. The standard InChI is InChI=1S/C15H12F4O/c1-2-10-3-4-12(9-14(10)16)11-5-7-13(8-6-11)20-15(17,18)19/h3-9H,2H2,1H3. The van der Waals surface area contributed by atoms with Crippen LogP contribution in [0.1, 0.15) is 12.5 Å². The molecule has 0 unspecified atom stereocenters. The van der Waals surface area contributed by atoms with E-state index in [9.17, 15) is 17.6 Å². The number of alkyl halides is 3. The number of hydrogen-bond donors (Lipinski definition) is 0. The van der Waals surface area contributed by atoms with E-state index in [1.165, 1.54) is 30.3 Å². The van der Waals surface area contributed by atoms with E-state index in [-0.39, 0.29) is 11.6 Å². The van der Waals surface area contributed by atoms with Gasteiger partial charge in [-0.25, -0.2) is 4.39 Å². The van der Waals surface area contributed by atoms with Crippen molar-refractivity contribution in [2.24, 2.45) is 0 Å². The molecule has 0 heterocycles. The smallest absolute Gasteiger partial charge is 0.406 e. The lowest BCUT2D eigenvalue weighted by Crippen LogP contribution is -2.16. The van der Waals surface area contributed by atoms with E-state index in [2.05, 4.69) is 4.74 Å². The van der Waals surface area contributed by atoms with Gasteiger partial charge in [0.05, 0.1) is 0 Å². The van der Waals surface area contributed by atoms with Gasteiger partial charge >= 0.3 is 6.36 Å². The van der Waals surface area contributed by atoms with Gasteiger partial charge in [-0.05, 0) is 41.3 Å². The van der Waals surface area contributed by atoms with Gasteiger partial charge in [-0.2, -0.15) is 0 Å². The molecule has 0 saturated carbocycles. The molecule has 106 valence electrons. The Hall–Kier alpha value is -2.04. The highest BCUT2D eigenvalue weighted by Gasteiger charge is 2.30. The molecule has 20 heavy (non-hydrogen) atoms. The number of halogens is 4. The highest BCUT2D eigenvalue weighted by molar-refractivity contribution is 5.64. The molecule has 0 saturated heterocycles. The number of hydrogen-bond acceptors (Lipinski definition) is 1. The molecule has 0 bridgehead atoms. The Balaban J connectivity index is 2.24. The van der Waals surface area contributed by atoms with Gasteiger partial charge in [0, 0.05) is 0 Å². The van der Waals surface area contributed by atoms with Crippen LogP contribution in [0.4, 0.5) is 17.6 Å². The van der Waals surface area contributed by atoms with Crippen molar-refractivity contribution in [1.29, 1.82) is 0 Å². The van der Waals surface area contributed by atoms with Gasteiger partial charge in [0.15, 0.2) is 0 Å². The summed E-state index contributed by atoms with van der Waals surface area (Å²) in [5.74, 6) is -0.618. The molecule has 2 aromatic carbocycles. The van der Waals surface area contributed by atoms with Crippen molar-refractivity contribution >= 4 is 0 Å². The minimum Gasteiger partial charge on any atom is -0.406 e. The lowest BCUT2D eigenvalue weighted by Gasteiger charge is -2.10. The van der Waals surface area contributed by atoms with E-state index < -0.39 is 6.36 Å². The van der Waals surface area contributed by atoms with Gasteiger partial charge in [0.1, 0.15) is 11.6 Å². The molecular weight excluding hydrogens is 272 g/mol. The van der Waals surface area contributed by atoms with Crippen LogP contribution in [0.2, 0.25) is 0 Å². The Labute approximate surface area is 113 Å². The predicted molar refractivity (Wildman–Crippen MR) is 67.9 cm³/mol. The Morgan fingerprint density at radius 1 is 0.950 bits per heavy atom. The van der Waals surface area contributed by atoms with Crippen LogP contribution in [0, 0.1) is 5.82 Å². The van der Waals surface area contributed by atoms with Crippen LogP contribution in [-0.4, -0.2) is 6.36 Å². The van der Waals surface area contributed by atoms with E-state index in [1.807, 2.05) is 6.92 Å². The van der Waals surface area contributed by atoms with Gasteiger partial charge in [-0.3, -0.25) is 0 Å². The molecular formula is C15H12F4O. The summed E-state index contributed by atoms with van der Waals surface area (Å²) in [6, 6.07) is 10.1. The second-order valence-electron chi connectivity index (χ2n) is 4.23. The van der Waals surface area contributed by atoms with E-state index >= 15 is 0 Å². The van der Waals surface area contributed by atoms with Gasteiger partial charge < -0.3 is 4.74 Å². The van der Waals surface area contributed by atoms with Crippen LogP contribution >= 0.6 is 0 Å². The first kappa shape index (κ1) is 14.4. The average molecular weight is 284 g/mol. The number of benzene rings is 2. The number of aryl methyl sites for hydroxylation is 1. The SMILES string of the molecule is CCc1ccc(-c2ccc(OC(F)(F)F)cc2)cc1F. The summed E-state index contributed by atoms with van der Waals surface area (Å²) < 4.78 is 53.5. The molecule has 2 aromatic rings. The van der Waals surface area contributed by atoms with Crippen LogP contribution in [0.15, 0.2) is 42.5 Å². The number of rotatable bonds is 3. The summed E-state index contributed by atoms with van der Waals surface area (Å²) in [5, 5.41) is 0. The maximum atomic E-state index is 13.7. The second-order valence-corrected chi connectivity index (χ2v) is 4.23. The minimum absolute atomic E-state index is 0.299.